The largest absolute Gasteiger partial charge is 0.294 e. The van der Waals surface area contributed by atoms with Crippen molar-refractivity contribution in [3.63, 3.8) is 0 Å². The number of thiophene rings is 1. The molecule has 0 radical (unpaired) electrons. The van der Waals surface area contributed by atoms with E-state index in [1.807, 2.05) is 29.6 Å². The van der Waals surface area contributed by atoms with Gasteiger partial charge in [-0.2, -0.15) is 0 Å². The van der Waals surface area contributed by atoms with Crippen molar-refractivity contribution in [2.45, 2.75) is 19.8 Å². The second-order valence-electron chi connectivity index (χ2n) is 4.99. The fraction of sp³-hybridized carbons (Fsp3) is 0.167. The summed E-state index contributed by atoms with van der Waals surface area (Å²) in [6.07, 6.45) is 1.38. The number of ketones is 1. The third-order valence-electron chi connectivity index (χ3n) is 3.66. The van der Waals surface area contributed by atoms with E-state index in [9.17, 15) is 4.79 Å². The van der Waals surface area contributed by atoms with Gasteiger partial charge in [0.15, 0.2) is 5.78 Å². The number of aryl methyl sites for hydroxylation is 2. The molecule has 0 saturated heterocycles. The Morgan fingerprint density at radius 1 is 1.05 bits per heavy atom. The molecule has 20 heavy (non-hydrogen) atoms. The molecule has 0 fully saturated rings. The number of Topliss-reactive ketones (excluding diaryl/α,β-unsaturated/α-hetero) is 1. The fourth-order valence-corrected chi connectivity index (χ4v) is 3.42. The lowest BCUT2D eigenvalue weighted by Gasteiger charge is -2.06. The summed E-state index contributed by atoms with van der Waals surface area (Å²) in [6.45, 7) is 2.10. The summed E-state index contributed by atoms with van der Waals surface area (Å²) >= 11 is 1.65. The quantitative estimate of drug-likeness (QED) is 0.613. The first-order valence-corrected chi connectivity index (χ1v) is 7.67. The summed E-state index contributed by atoms with van der Waals surface area (Å²) in [6, 6.07) is 16.3. The van der Waals surface area contributed by atoms with Crippen molar-refractivity contribution in [1.29, 1.82) is 0 Å². The van der Waals surface area contributed by atoms with E-state index in [1.165, 1.54) is 11.1 Å². The van der Waals surface area contributed by atoms with Crippen LogP contribution in [0.4, 0.5) is 0 Å². The van der Waals surface area contributed by atoms with Crippen LogP contribution in [-0.4, -0.2) is 5.78 Å². The summed E-state index contributed by atoms with van der Waals surface area (Å²) in [5.74, 6) is 0.237. The molecule has 0 saturated carbocycles. The van der Waals surface area contributed by atoms with Crippen molar-refractivity contribution in [2.75, 3.05) is 0 Å². The molecule has 0 aliphatic heterocycles. The predicted octanol–water partition coefficient (Wildman–Crippen LogP) is 5.03. The third-order valence-corrected chi connectivity index (χ3v) is 4.63. The minimum Gasteiger partial charge on any atom is -0.294 e. The Bertz CT molecular complexity index is 755. The zero-order chi connectivity index (χ0) is 13.9. The van der Waals surface area contributed by atoms with Crippen LogP contribution in [0.25, 0.3) is 10.1 Å². The lowest BCUT2D eigenvalue weighted by molar-refractivity contribution is 0.0984. The molecule has 0 unspecified atom stereocenters. The highest BCUT2D eigenvalue weighted by molar-refractivity contribution is 7.17. The molecule has 0 aliphatic rings. The maximum atomic E-state index is 12.4. The number of carbonyl (C=O) groups is 1. The van der Waals surface area contributed by atoms with Gasteiger partial charge in [0.05, 0.1) is 0 Å². The highest BCUT2D eigenvalue weighted by atomic mass is 32.1. The van der Waals surface area contributed by atoms with Gasteiger partial charge in [-0.15, -0.1) is 11.3 Å². The summed E-state index contributed by atoms with van der Waals surface area (Å²) < 4.78 is 1.11. The lowest BCUT2D eigenvalue weighted by atomic mass is 9.99. The van der Waals surface area contributed by atoms with Gasteiger partial charge < -0.3 is 0 Å². The number of fused-ring (bicyclic) bond motifs is 1. The van der Waals surface area contributed by atoms with Gasteiger partial charge in [0.25, 0.3) is 0 Å². The SMILES string of the molecule is Cc1ccccc1CCC(=O)c1cccc2ccsc12. The molecule has 0 spiro atoms. The van der Waals surface area contributed by atoms with Gasteiger partial charge in [-0.25, -0.2) is 0 Å². The molecule has 0 atom stereocenters. The number of benzene rings is 2. The lowest BCUT2D eigenvalue weighted by Crippen LogP contribution is -2.02. The summed E-state index contributed by atoms with van der Waals surface area (Å²) in [4.78, 5) is 12.4. The Kier molecular flexibility index (Phi) is 3.66. The second-order valence-corrected chi connectivity index (χ2v) is 5.91. The first-order chi connectivity index (χ1) is 9.75. The molecule has 0 aliphatic carbocycles. The highest BCUT2D eigenvalue weighted by Gasteiger charge is 2.11. The van der Waals surface area contributed by atoms with Gasteiger partial charge in [-0.1, -0.05) is 36.4 Å². The molecule has 100 valence electrons. The van der Waals surface area contributed by atoms with E-state index in [4.69, 9.17) is 0 Å². The molecule has 2 aromatic carbocycles. The minimum absolute atomic E-state index is 0.237. The van der Waals surface area contributed by atoms with Crippen LogP contribution in [0.1, 0.15) is 27.9 Å². The normalized spacial score (nSPS) is 10.8. The van der Waals surface area contributed by atoms with E-state index in [-0.39, 0.29) is 5.78 Å². The van der Waals surface area contributed by atoms with Gasteiger partial charge in [-0.05, 0) is 47.4 Å². The number of hydrogen-bond acceptors (Lipinski definition) is 2. The van der Waals surface area contributed by atoms with E-state index in [2.05, 4.69) is 31.2 Å². The molecule has 0 bridgehead atoms. The predicted molar refractivity (Wildman–Crippen MR) is 85.7 cm³/mol. The molecule has 0 N–H and O–H groups in total. The zero-order valence-electron chi connectivity index (χ0n) is 11.4. The summed E-state index contributed by atoms with van der Waals surface area (Å²) in [5, 5.41) is 3.21. The highest BCUT2D eigenvalue weighted by Crippen LogP contribution is 2.26. The minimum atomic E-state index is 0.237. The van der Waals surface area contributed by atoms with E-state index < -0.39 is 0 Å². The molecular weight excluding hydrogens is 264 g/mol. The first-order valence-electron chi connectivity index (χ1n) is 6.79. The van der Waals surface area contributed by atoms with Gasteiger partial charge in [-0.3, -0.25) is 4.79 Å². The number of rotatable bonds is 4. The van der Waals surface area contributed by atoms with E-state index >= 15 is 0 Å². The van der Waals surface area contributed by atoms with Gasteiger partial charge in [0, 0.05) is 16.7 Å². The zero-order valence-corrected chi connectivity index (χ0v) is 12.2. The molecule has 1 aromatic heterocycles. The average molecular weight is 280 g/mol. The standard InChI is InChI=1S/C18H16OS/c1-13-5-2-3-6-14(13)9-10-17(19)16-8-4-7-15-11-12-20-18(15)16/h2-8,11-12H,9-10H2,1H3. The molecule has 2 heteroatoms. The fourth-order valence-electron chi connectivity index (χ4n) is 2.49. The van der Waals surface area contributed by atoms with Crippen LogP contribution in [0.15, 0.2) is 53.9 Å². The van der Waals surface area contributed by atoms with E-state index in [0.717, 1.165) is 22.1 Å². The maximum Gasteiger partial charge on any atom is 0.164 e. The molecule has 3 aromatic rings. The van der Waals surface area contributed by atoms with Crippen LogP contribution in [0.5, 0.6) is 0 Å². The second kappa shape index (κ2) is 5.59. The Labute approximate surface area is 122 Å². The summed E-state index contributed by atoms with van der Waals surface area (Å²) in [5.41, 5.74) is 3.39. The van der Waals surface area contributed by atoms with Crippen LogP contribution in [0.2, 0.25) is 0 Å². The first kappa shape index (κ1) is 13.1. The van der Waals surface area contributed by atoms with Crippen LogP contribution >= 0.6 is 11.3 Å². The third kappa shape index (κ3) is 2.52. The Balaban J connectivity index is 1.80. The van der Waals surface area contributed by atoms with Crippen LogP contribution in [-0.2, 0) is 6.42 Å². The van der Waals surface area contributed by atoms with Crippen molar-refractivity contribution >= 4 is 27.2 Å². The van der Waals surface area contributed by atoms with Gasteiger partial charge in [0.1, 0.15) is 0 Å². The van der Waals surface area contributed by atoms with Crippen LogP contribution in [0, 0.1) is 6.92 Å². The van der Waals surface area contributed by atoms with Crippen LogP contribution < -0.4 is 0 Å². The van der Waals surface area contributed by atoms with Crippen molar-refractivity contribution < 1.29 is 4.79 Å². The number of carbonyl (C=O) groups excluding carboxylic acids is 1. The topological polar surface area (TPSA) is 17.1 Å². The maximum absolute atomic E-state index is 12.4. The smallest absolute Gasteiger partial charge is 0.164 e. The molecular formula is C18H16OS. The van der Waals surface area contributed by atoms with Crippen molar-refractivity contribution in [2.24, 2.45) is 0 Å². The Morgan fingerprint density at radius 2 is 1.90 bits per heavy atom. The van der Waals surface area contributed by atoms with E-state index in [0.29, 0.717) is 6.42 Å². The molecule has 1 nitrogen and oxygen atoms in total. The molecule has 1 heterocycles. The number of hydrogen-bond donors (Lipinski definition) is 0. The molecule has 0 amide bonds. The van der Waals surface area contributed by atoms with Crippen molar-refractivity contribution in [3.8, 4) is 0 Å². The van der Waals surface area contributed by atoms with Crippen molar-refractivity contribution in [3.05, 3.63) is 70.6 Å². The van der Waals surface area contributed by atoms with Crippen LogP contribution in [0.3, 0.4) is 0 Å². The van der Waals surface area contributed by atoms with E-state index in [1.54, 1.807) is 11.3 Å². The van der Waals surface area contributed by atoms with Gasteiger partial charge in [0.2, 0.25) is 0 Å². The monoisotopic (exact) mass is 280 g/mol. The Hall–Kier alpha value is -1.93. The summed E-state index contributed by atoms with van der Waals surface area (Å²) in [7, 11) is 0. The average Bonchev–Trinajstić information content (AvgIpc) is 2.94. The molecule has 3 rings (SSSR count). The Morgan fingerprint density at radius 3 is 2.75 bits per heavy atom. The van der Waals surface area contributed by atoms with Crippen molar-refractivity contribution in [1.82, 2.24) is 0 Å². The van der Waals surface area contributed by atoms with Gasteiger partial charge >= 0.3 is 0 Å².